The van der Waals surface area contributed by atoms with Gasteiger partial charge in [-0.3, -0.25) is 0 Å². The summed E-state index contributed by atoms with van der Waals surface area (Å²) in [4.78, 5) is 0. The second-order valence-corrected chi connectivity index (χ2v) is 4.69. The lowest BCUT2D eigenvalue weighted by Gasteiger charge is -2.21. The molecule has 0 saturated heterocycles. The van der Waals surface area contributed by atoms with E-state index in [1.54, 1.807) is 33.5 Å². The maximum atomic E-state index is 9.25. The summed E-state index contributed by atoms with van der Waals surface area (Å²) in [6.07, 6.45) is 1.64. The van der Waals surface area contributed by atoms with Crippen molar-refractivity contribution in [2.45, 2.75) is 18.9 Å². The van der Waals surface area contributed by atoms with Gasteiger partial charge in [-0.15, -0.1) is 0 Å². The molecule has 1 fully saturated rings. The second-order valence-electron chi connectivity index (χ2n) is 4.69. The minimum Gasteiger partial charge on any atom is -0.496 e. The average molecular weight is 262 g/mol. The van der Waals surface area contributed by atoms with Crippen molar-refractivity contribution in [2.24, 2.45) is 11.1 Å². The van der Waals surface area contributed by atoms with Crippen LogP contribution in [0.4, 0.5) is 0 Å². The quantitative estimate of drug-likeness (QED) is 0.878. The molecule has 0 spiro atoms. The molecule has 2 rings (SSSR count). The highest BCUT2D eigenvalue weighted by Gasteiger charge is 2.50. The number of rotatable bonds is 5. The van der Waals surface area contributed by atoms with Crippen molar-refractivity contribution in [1.82, 2.24) is 0 Å². The zero-order chi connectivity index (χ0) is 14.0. The summed E-state index contributed by atoms with van der Waals surface area (Å²) in [5.74, 6) is 1.78. The summed E-state index contributed by atoms with van der Waals surface area (Å²) in [5.41, 5.74) is 6.55. The number of nitriles is 1. The van der Waals surface area contributed by atoms with Crippen molar-refractivity contribution >= 4 is 0 Å². The van der Waals surface area contributed by atoms with Gasteiger partial charge in [0.1, 0.15) is 5.75 Å². The van der Waals surface area contributed by atoms with Crippen LogP contribution >= 0.6 is 0 Å². The smallest absolute Gasteiger partial charge is 0.164 e. The third-order valence-corrected chi connectivity index (χ3v) is 3.68. The lowest BCUT2D eigenvalue weighted by Crippen LogP contribution is -2.22. The number of nitrogens with two attached hydrogens (primary N) is 1. The first-order chi connectivity index (χ1) is 9.11. The molecule has 0 bridgehead atoms. The maximum absolute atomic E-state index is 9.25. The molecule has 1 aromatic carbocycles. The van der Waals surface area contributed by atoms with Crippen LogP contribution in [0.3, 0.4) is 0 Å². The van der Waals surface area contributed by atoms with Crippen LogP contribution < -0.4 is 19.9 Å². The van der Waals surface area contributed by atoms with E-state index in [4.69, 9.17) is 19.9 Å². The predicted octanol–water partition coefficient (Wildman–Crippen LogP) is 2.02. The van der Waals surface area contributed by atoms with Gasteiger partial charge in [-0.2, -0.15) is 5.26 Å². The van der Waals surface area contributed by atoms with Crippen molar-refractivity contribution in [1.29, 1.82) is 5.26 Å². The monoisotopic (exact) mass is 262 g/mol. The molecular formula is C14H18N2O3. The number of ether oxygens (including phenoxy) is 3. The molecule has 1 aliphatic carbocycles. The lowest BCUT2D eigenvalue weighted by atomic mass is 9.91. The van der Waals surface area contributed by atoms with Gasteiger partial charge in [-0.05, 0) is 18.9 Å². The van der Waals surface area contributed by atoms with Gasteiger partial charge in [0, 0.05) is 11.6 Å². The Labute approximate surface area is 112 Å². The van der Waals surface area contributed by atoms with Crippen molar-refractivity contribution < 1.29 is 14.2 Å². The second kappa shape index (κ2) is 4.98. The van der Waals surface area contributed by atoms with Crippen molar-refractivity contribution in [3.63, 3.8) is 0 Å². The van der Waals surface area contributed by atoms with Crippen LogP contribution in [-0.2, 0) is 0 Å². The van der Waals surface area contributed by atoms with E-state index in [-0.39, 0.29) is 6.04 Å². The zero-order valence-electron chi connectivity index (χ0n) is 11.4. The Hall–Kier alpha value is -1.93. The Balaban J connectivity index is 2.47. The highest BCUT2D eigenvalue weighted by Crippen LogP contribution is 2.55. The molecule has 0 amide bonds. The fourth-order valence-electron chi connectivity index (χ4n) is 2.22. The first-order valence-electron chi connectivity index (χ1n) is 6.08. The van der Waals surface area contributed by atoms with Crippen LogP contribution in [0.15, 0.2) is 12.1 Å². The molecule has 5 nitrogen and oxygen atoms in total. The van der Waals surface area contributed by atoms with Gasteiger partial charge in [0.05, 0.1) is 38.9 Å². The largest absolute Gasteiger partial charge is 0.496 e. The standard InChI is InChI=1S/C14H18N2O3/c1-17-10-7-12(19-3)11(18-2)6-9(10)13(16)14(8-15)4-5-14/h6-7,13H,4-5,16H2,1-3H3. The van der Waals surface area contributed by atoms with Gasteiger partial charge >= 0.3 is 0 Å². The van der Waals surface area contributed by atoms with E-state index in [0.29, 0.717) is 17.2 Å². The summed E-state index contributed by atoms with van der Waals surface area (Å²) in [6, 6.07) is 5.46. The van der Waals surface area contributed by atoms with E-state index in [9.17, 15) is 5.26 Å². The predicted molar refractivity (Wildman–Crippen MR) is 70.3 cm³/mol. The molecule has 1 aromatic rings. The van der Waals surface area contributed by atoms with E-state index in [1.807, 2.05) is 0 Å². The molecule has 1 atom stereocenters. The number of nitrogens with zero attached hydrogens (tertiary/aromatic N) is 1. The van der Waals surface area contributed by atoms with E-state index in [0.717, 1.165) is 18.4 Å². The third-order valence-electron chi connectivity index (χ3n) is 3.68. The molecular weight excluding hydrogens is 244 g/mol. The average Bonchev–Trinajstić information content (AvgIpc) is 3.26. The molecule has 2 N–H and O–H groups in total. The van der Waals surface area contributed by atoms with Gasteiger partial charge in [0.25, 0.3) is 0 Å². The summed E-state index contributed by atoms with van der Waals surface area (Å²) in [5, 5.41) is 9.25. The molecule has 0 aromatic heterocycles. The summed E-state index contributed by atoms with van der Waals surface area (Å²) < 4.78 is 15.9. The Morgan fingerprint density at radius 1 is 1.11 bits per heavy atom. The molecule has 5 heteroatoms. The number of hydrogen-bond donors (Lipinski definition) is 1. The minimum absolute atomic E-state index is 0.382. The Morgan fingerprint density at radius 3 is 2.05 bits per heavy atom. The van der Waals surface area contributed by atoms with E-state index in [2.05, 4.69) is 6.07 Å². The summed E-state index contributed by atoms with van der Waals surface area (Å²) >= 11 is 0. The van der Waals surface area contributed by atoms with Crippen LogP contribution in [0.2, 0.25) is 0 Å². The van der Waals surface area contributed by atoms with E-state index in [1.165, 1.54) is 0 Å². The Kier molecular flexibility index (Phi) is 3.54. The fourth-order valence-corrected chi connectivity index (χ4v) is 2.22. The van der Waals surface area contributed by atoms with Crippen LogP contribution in [-0.4, -0.2) is 21.3 Å². The zero-order valence-corrected chi connectivity index (χ0v) is 11.4. The molecule has 1 unspecified atom stereocenters. The molecule has 19 heavy (non-hydrogen) atoms. The lowest BCUT2D eigenvalue weighted by molar-refractivity contribution is 0.344. The molecule has 1 saturated carbocycles. The minimum atomic E-state index is -0.465. The molecule has 0 heterocycles. The number of benzene rings is 1. The Bertz CT molecular complexity index is 518. The first-order valence-corrected chi connectivity index (χ1v) is 6.08. The maximum Gasteiger partial charge on any atom is 0.164 e. The van der Waals surface area contributed by atoms with Gasteiger partial charge < -0.3 is 19.9 Å². The fraction of sp³-hybridized carbons (Fsp3) is 0.500. The van der Waals surface area contributed by atoms with Crippen molar-refractivity contribution in [3.05, 3.63) is 17.7 Å². The van der Waals surface area contributed by atoms with E-state index < -0.39 is 5.41 Å². The normalized spacial score (nSPS) is 17.2. The molecule has 0 aliphatic heterocycles. The van der Waals surface area contributed by atoms with Crippen LogP contribution in [0.25, 0.3) is 0 Å². The van der Waals surface area contributed by atoms with E-state index >= 15 is 0 Å². The van der Waals surface area contributed by atoms with Crippen molar-refractivity contribution in [2.75, 3.05) is 21.3 Å². The van der Waals surface area contributed by atoms with Gasteiger partial charge in [-0.25, -0.2) is 0 Å². The first kappa shape index (κ1) is 13.5. The summed E-state index contributed by atoms with van der Waals surface area (Å²) in [7, 11) is 4.70. The van der Waals surface area contributed by atoms with Crippen LogP contribution in [0, 0.1) is 16.7 Å². The van der Waals surface area contributed by atoms with Crippen LogP contribution in [0.1, 0.15) is 24.4 Å². The SMILES string of the molecule is COc1cc(OC)c(C(N)C2(C#N)CC2)cc1OC. The number of hydrogen-bond acceptors (Lipinski definition) is 5. The van der Waals surface area contributed by atoms with Crippen LogP contribution in [0.5, 0.6) is 17.2 Å². The topological polar surface area (TPSA) is 77.5 Å². The highest BCUT2D eigenvalue weighted by atomic mass is 16.5. The van der Waals surface area contributed by atoms with Crippen molar-refractivity contribution in [3.8, 4) is 23.3 Å². The Morgan fingerprint density at radius 2 is 1.63 bits per heavy atom. The third kappa shape index (κ3) is 2.20. The van der Waals surface area contributed by atoms with Gasteiger partial charge in [0.2, 0.25) is 0 Å². The number of methoxy groups -OCH3 is 3. The van der Waals surface area contributed by atoms with Gasteiger partial charge in [0.15, 0.2) is 11.5 Å². The van der Waals surface area contributed by atoms with Gasteiger partial charge in [-0.1, -0.05) is 0 Å². The molecule has 102 valence electrons. The highest BCUT2D eigenvalue weighted by molar-refractivity contribution is 5.53. The summed E-state index contributed by atoms with van der Waals surface area (Å²) in [6.45, 7) is 0. The molecule has 0 radical (unpaired) electrons. The molecule has 1 aliphatic rings.